The molecule has 0 radical (unpaired) electrons. The lowest BCUT2D eigenvalue weighted by molar-refractivity contribution is 0.0950. The summed E-state index contributed by atoms with van der Waals surface area (Å²) < 4.78 is 0. The Morgan fingerprint density at radius 2 is 1.95 bits per heavy atom. The monoisotopic (exact) mass is 299 g/mol. The molecule has 3 rings (SSSR count). The molecule has 116 valence electrons. The van der Waals surface area contributed by atoms with Gasteiger partial charge in [-0.2, -0.15) is 5.10 Å². The van der Waals surface area contributed by atoms with Gasteiger partial charge in [0.15, 0.2) is 5.82 Å². The molecule has 0 bridgehead atoms. The number of piperidine rings is 1. The molecular formula is C16H21N5O. The van der Waals surface area contributed by atoms with Crippen LogP contribution >= 0.6 is 0 Å². The van der Waals surface area contributed by atoms with Gasteiger partial charge in [0.05, 0.1) is 6.54 Å². The van der Waals surface area contributed by atoms with Crippen molar-refractivity contribution in [1.29, 1.82) is 0 Å². The lowest BCUT2D eigenvalue weighted by atomic mass is 10.1. The SMILES string of the molecule is Cc1nc(CNC(=O)c2ccc(N3CCCCC3)cc2)n[nH]1. The second kappa shape index (κ2) is 6.60. The molecule has 0 atom stereocenters. The average molecular weight is 299 g/mol. The molecule has 1 amide bonds. The number of benzene rings is 1. The number of carbonyl (C=O) groups excluding carboxylic acids is 1. The Labute approximate surface area is 129 Å². The molecule has 0 saturated carbocycles. The summed E-state index contributed by atoms with van der Waals surface area (Å²) in [5.41, 5.74) is 1.86. The summed E-state index contributed by atoms with van der Waals surface area (Å²) in [6.45, 7) is 4.38. The first-order valence-corrected chi connectivity index (χ1v) is 7.73. The van der Waals surface area contributed by atoms with Crippen LogP contribution < -0.4 is 10.2 Å². The van der Waals surface area contributed by atoms with E-state index >= 15 is 0 Å². The molecule has 0 spiro atoms. The highest BCUT2D eigenvalue weighted by Gasteiger charge is 2.12. The van der Waals surface area contributed by atoms with Crippen molar-refractivity contribution in [2.75, 3.05) is 18.0 Å². The third-order valence-electron chi connectivity index (χ3n) is 3.90. The van der Waals surface area contributed by atoms with Crippen molar-refractivity contribution in [3.05, 3.63) is 41.5 Å². The summed E-state index contributed by atoms with van der Waals surface area (Å²) in [5, 5.41) is 9.59. The van der Waals surface area contributed by atoms with E-state index in [9.17, 15) is 4.79 Å². The Bertz CT molecular complexity index is 628. The number of carbonyl (C=O) groups is 1. The van der Waals surface area contributed by atoms with Crippen molar-refractivity contribution in [3.63, 3.8) is 0 Å². The highest BCUT2D eigenvalue weighted by atomic mass is 16.1. The highest BCUT2D eigenvalue weighted by Crippen LogP contribution is 2.20. The average Bonchev–Trinajstić information content (AvgIpc) is 2.99. The van der Waals surface area contributed by atoms with E-state index in [0.29, 0.717) is 17.9 Å². The van der Waals surface area contributed by atoms with Crippen molar-refractivity contribution in [3.8, 4) is 0 Å². The van der Waals surface area contributed by atoms with Gasteiger partial charge in [-0.05, 0) is 50.5 Å². The van der Waals surface area contributed by atoms with Crippen LogP contribution in [0, 0.1) is 6.92 Å². The van der Waals surface area contributed by atoms with E-state index < -0.39 is 0 Å². The zero-order valence-electron chi connectivity index (χ0n) is 12.8. The molecule has 1 aliphatic rings. The molecule has 1 aromatic heterocycles. The molecule has 1 saturated heterocycles. The number of H-pyrrole nitrogens is 1. The summed E-state index contributed by atoms with van der Waals surface area (Å²) in [7, 11) is 0. The van der Waals surface area contributed by atoms with Crippen LogP contribution in [-0.2, 0) is 6.54 Å². The summed E-state index contributed by atoms with van der Waals surface area (Å²) in [5.74, 6) is 1.23. The van der Waals surface area contributed by atoms with Crippen molar-refractivity contribution in [2.45, 2.75) is 32.7 Å². The van der Waals surface area contributed by atoms with Gasteiger partial charge >= 0.3 is 0 Å². The Hall–Kier alpha value is -2.37. The molecular weight excluding hydrogens is 278 g/mol. The number of hydrogen-bond donors (Lipinski definition) is 2. The van der Waals surface area contributed by atoms with Crippen LogP contribution in [-0.4, -0.2) is 34.2 Å². The fraction of sp³-hybridized carbons (Fsp3) is 0.438. The third kappa shape index (κ3) is 3.44. The summed E-state index contributed by atoms with van der Waals surface area (Å²) in [6.07, 6.45) is 3.81. The number of anilines is 1. The predicted molar refractivity (Wildman–Crippen MR) is 84.8 cm³/mol. The standard InChI is InChI=1S/C16H21N5O/c1-12-18-15(20-19-12)11-17-16(22)13-5-7-14(8-6-13)21-9-3-2-4-10-21/h5-8H,2-4,9-11H2,1H3,(H,17,22)(H,18,19,20). The van der Waals surface area contributed by atoms with E-state index in [1.165, 1.54) is 24.9 Å². The molecule has 6 heteroatoms. The number of amides is 1. The van der Waals surface area contributed by atoms with Crippen molar-refractivity contribution in [1.82, 2.24) is 20.5 Å². The maximum atomic E-state index is 12.1. The zero-order chi connectivity index (χ0) is 15.4. The first kappa shape index (κ1) is 14.6. The second-order valence-electron chi connectivity index (χ2n) is 5.61. The number of aromatic amines is 1. The number of aromatic nitrogens is 3. The zero-order valence-corrected chi connectivity index (χ0v) is 12.8. The topological polar surface area (TPSA) is 73.9 Å². The van der Waals surface area contributed by atoms with Gasteiger partial charge in [-0.3, -0.25) is 9.89 Å². The largest absolute Gasteiger partial charge is 0.372 e. The number of nitrogens with zero attached hydrogens (tertiary/aromatic N) is 3. The third-order valence-corrected chi connectivity index (χ3v) is 3.90. The molecule has 2 aromatic rings. The Balaban J connectivity index is 1.58. The Morgan fingerprint density at radius 3 is 2.59 bits per heavy atom. The quantitative estimate of drug-likeness (QED) is 0.906. The smallest absolute Gasteiger partial charge is 0.251 e. The Morgan fingerprint density at radius 1 is 1.23 bits per heavy atom. The second-order valence-corrected chi connectivity index (χ2v) is 5.61. The molecule has 2 heterocycles. The van der Waals surface area contributed by atoms with Gasteiger partial charge in [-0.25, -0.2) is 4.98 Å². The van der Waals surface area contributed by atoms with Crippen molar-refractivity contribution in [2.24, 2.45) is 0 Å². The van der Waals surface area contributed by atoms with E-state index in [2.05, 4.69) is 25.4 Å². The predicted octanol–water partition coefficient (Wildman–Crippen LogP) is 2.03. The normalized spacial score (nSPS) is 14.9. The molecule has 6 nitrogen and oxygen atoms in total. The van der Waals surface area contributed by atoms with Gasteiger partial charge in [0.25, 0.3) is 5.91 Å². The van der Waals surface area contributed by atoms with Crippen LogP contribution in [0.25, 0.3) is 0 Å². The molecule has 1 aromatic carbocycles. The molecule has 2 N–H and O–H groups in total. The van der Waals surface area contributed by atoms with Gasteiger partial charge in [-0.15, -0.1) is 0 Å². The van der Waals surface area contributed by atoms with Crippen LogP contribution in [0.4, 0.5) is 5.69 Å². The van der Waals surface area contributed by atoms with Gasteiger partial charge < -0.3 is 10.2 Å². The minimum Gasteiger partial charge on any atom is -0.372 e. The first-order chi connectivity index (χ1) is 10.7. The molecule has 0 unspecified atom stereocenters. The van der Waals surface area contributed by atoms with E-state index in [1.54, 1.807) is 0 Å². The van der Waals surface area contributed by atoms with Crippen LogP contribution in [0.5, 0.6) is 0 Å². The van der Waals surface area contributed by atoms with Gasteiger partial charge in [0, 0.05) is 24.3 Å². The van der Waals surface area contributed by atoms with Crippen LogP contribution in [0.2, 0.25) is 0 Å². The number of hydrogen-bond acceptors (Lipinski definition) is 4. The number of nitrogens with one attached hydrogen (secondary N) is 2. The van der Waals surface area contributed by atoms with Crippen LogP contribution in [0.15, 0.2) is 24.3 Å². The molecule has 1 fully saturated rings. The molecule has 0 aliphatic carbocycles. The maximum Gasteiger partial charge on any atom is 0.251 e. The lowest BCUT2D eigenvalue weighted by Crippen LogP contribution is -2.29. The summed E-state index contributed by atoms with van der Waals surface area (Å²) in [6, 6.07) is 7.80. The minimum absolute atomic E-state index is 0.104. The minimum atomic E-state index is -0.104. The van der Waals surface area contributed by atoms with E-state index in [4.69, 9.17) is 0 Å². The van der Waals surface area contributed by atoms with Crippen LogP contribution in [0.3, 0.4) is 0 Å². The maximum absolute atomic E-state index is 12.1. The van der Waals surface area contributed by atoms with Crippen molar-refractivity contribution < 1.29 is 4.79 Å². The fourth-order valence-corrected chi connectivity index (χ4v) is 2.71. The summed E-state index contributed by atoms with van der Waals surface area (Å²) >= 11 is 0. The van der Waals surface area contributed by atoms with Gasteiger partial charge in [0.1, 0.15) is 5.82 Å². The number of aryl methyl sites for hydroxylation is 1. The van der Waals surface area contributed by atoms with E-state index in [0.717, 1.165) is 18.9 Å². The first-order valence-electron chi connectivity index (χ1n) is 7.73. The fourth-order valence-electron chi connectivity index (χ4n) is 2.71. The molecule has 1 aliphatic heterocycles. The Kier molecular flexibility index (Phi) is 4.37. The van der Waals surface area contributed by atoms with Crippen molar-refractivity contribution >= 4 is 11.6 Å². The van der Waals surface area contributed by atoms with E-state index in [1.807, 2.05) is 31.2 Å². The van der Waals surface area contributed by atoms with Gasteiger partial charge in [-0.1, -0.05) is 0 Å². The highest BCUT2D eigenvalue weighted by molar-refractivity contribution is 5.94. The summed E-state index contributed by atoms with van der Waals surface area (Å²) in [4.78, 5) is 18.7. The number of rotatable bonds is 4. The van der Waals surface area contributed by atoms with E-state index in [-0.39, 0.29) is 5.91 Å². The van der Waals surface area contributed by atoms with Crippen LogP contribution in [0.1, 0.15) is 41.3 Å². The lowest BCUT2D eigenvalue weighted by Gasteiger charge is -2.28. The van der Waals surface area contributed by atoms with Gasteiger partial charge in [0.2, 0.25) is 0 Å². The molecule has 22 heavy (non-hydrogen) atoms.